The van der Waals surface area contributed by atoms with Crippen LogP contribution in [0.3, 0.4) is 0 Å². The minimum Gasteiger partial charge on any atom is -0.493 e. The molecule has 0 unspecified atom stereocenters. The van der Waals surface area contributed by atoms with Crippen molar-refractivity contribution in [3.05, 3.63) is 71.2 Å². The number of benzene rings is 1. The Kier molecular flexibility index (Phi) is 6.56. The van der Waals surface area contributed by atoms with Crippen molar-refractivity contribution in [3.63, 3.8) is 0 Å². The minimum absolute atomic E-state index is 0.0432. The number of carbonyl (C=O) groups excluding carboxylic acids is 2. The lowest BCUT2D eigenvalue weighted by molar-refractivity contribution is -0.120. The SMILES string of the molecule is C=CCOc1c(CC=C)cc(C2C3=C(CC(C)(C)CC3=O)OC3=C2C(=O)CC(C)(C)C3)cc1OC. The van der Waals surface area contributed by atoms with Crippen LogP contribution in [0.4, 0.5) is 0 Å². The zero-order valence-electron chi connectivity index (χ0n) is 21.6. The largest absolute Gasteiger partial charge is 0.493 e. The normalized spacial score (nSPS) is 21.2. The van der Waals surface area contributed by atoms with Crippen LogP contribution in [0.15, 0.2) is 60.1 Å². The van der Waals surface area contributed by atoms with Crippen LogP contribution in [-0.2, 0) is 20.7 Å². The van der Waals surface area contributed by atoms with E-state index < -0.39 is 5.92 Å². The first-order chi connectivity index (χ1) is 16.5. The van der Waals surface area contributed by atoms with Gasteiger partial charge in [-0.25, -0.2) is 0 Å². The molecule has 1 heterocycles. The highest BCUT2D eigenvalue weighted by Gasteiger charge is 2.48. The van der Waals surface area contributed by atoms with Gasteiger partial charge >= 0.3 is 0 Å². The van der Waals surface area contributed by atoms with E-state index in [9.17, 15) is 9.59 Å². The molecule has 0 N–H and O–H groups in total. The molecule has 0 aromatic heterocycles. The molecule has 1 aromatic rings. The zero-order chi connectivity index (χ0) is 25.5. The molecule has 0 fully saturated rings. The standard InChI is InChI=1S/C30H36O5/c1-8-10-18-12-19(13-22(33-7)28(18)34-11-9-2)25-26-20(31)14-29(3,4)16-23(26)35-24-17-30(5,6)15-21(32)27(24)25/h8-9,12-13,25H,1-2,10-11,14-17H2,3-7H3. The summed E-state index contributed by atoms with van der Waals surface area (Å²) < 4.78 is 18.1. The first-order valence-corrected chi connectivity index (χ1v) is 12.3. The van der Waals surface area contributed by atoms with Gasteiger partial charge in [0.15, 0.2) is 23.1 Å². The number of ketones is 2. The summed E-state index contributed by atoms with van der Waals surface area (Å²) >= 11 is 0. The second kappa shape index (κ2) is 9.18. The number of carbonyl (C=O) groups is 2. The fourth-order valence-corrected chi connectivity index (χ4v) is 5.62. The van der Waals surface area contributed by atoms with Crippen molar-refractivity contribution in [2.75, 3.05) is 13.7 Å². The molecule has 35 heavy (non-hydrogen) atoms. The topological polar surface area (TPSA) is 61.8 Å². The number of hydrogen-bond donors (Lipinski definition) is 0. The first-order valence-electron chi connectivity index (χ1n) is 12.3. The Bertz CT molecular complexity index is 1110. The fourth-order valence-electron chi connectivity index (χ4n) is 5.62. The molecule has 5 nitrogen and oxygen atoms in total. The fraction of sp³-hybridized carbons (Fsp3) is 0.467. The molecule has 0 radical (unpaired) electrons. The second-order valence-corrected chi connectivity index (χ2v) is 11.4. The van der Waals surface area contributed by atoms with E-state index in [1.165, 1.54) is 0 Å². The number of methoxy groups -OCH3 is 1. The van der Waals surface area contributed by atoms with E-state index in [-0.39, 0.29) is 22.4 Å². The molecule has 0 amide bonds. The van der Waals surface area contributed by atoms with E-state index in [0.29, 0.717) is 72.9 Å². The van der Waals surface area contributed by atoms with Gasteiger partial charge in [0.05, 0.1) is 7.11 Å². The van der Waals surface area contributed by atoms with Crippen LogP contribution in [0.5, 0.6) is 11.5 Å². The summed E-state index contributed by atoms with van der Waals surface area (Å²) in [6, 6.07) is 3.92. The second-order valence-electron chi connectivity index (χ2n) is 11.4. The van der Waals surface area contributed by atoms with Gasteiger partial charge in [-0.1, -0.05) is 52.5 Å². The summed E-state index contributed by atoms with van der Waals surface area (Å²) in [5.41, 5.74) is 2.57. The molecule has 2 aliphatic carbocycles. The Hall–Kier alpha value is -3.08. The van der Waals surface area contributed by atoms with Gasteiger partial charge in [0.25, 0.3) is 0 Å². The molecular weight excluding hydrogens is 440 g/mol. The summed E-state index contributed by atoms with van der Waals surface area (Å²) in [6.45, 7) is 16.3. The molecule has 0 saturated carbocycles. The summed E-state index contributed by atoms with van der Waals surface area (Å²) in [4.78, 5) is 27.1. The maximum Gasteiger partial charge on any atom is 0.165 e. The van der Waals surface area contributed by atoms with Crippen molar-refractivity contribution >= 4 is 11.6 Å². The Morgan fingerprint density at radius 1 is 0.943 bits per heavy atom. The van der Waals surface area contributed by atoms with Crippen molar-refractivity contribution in [1.29, 1.82) is 0 Å². The lowest BCUT2D eigenvalue weighted by atomic mass is 9.65. The smallest absolute Gasteiger partial charge is 0.165 e. The van der Waals surface area contributed by atoms with Crippen LogP contribution >= 0.6 is 0 Å². The third-order valence-electron chi connectivity index (χ3n) is 7.00. The molecule has 0 atom stereocenters. The monoisotopic (exact) mass is 476 g/mol. The Morgan fingerprint density at radius 2 is 1.51 bits per heavy atom. The molecule has 186 valence electrons. The molecule has 0 spiro atoms. The van der Waals surface area contributed by atoms with Crippen LogP contribution in [0.1, 0.15) is 70.4 Å². The quantitative estimate of drug-likeness (QED) is 0.427. The molecule has 4 rings (SSSR count). The van der Waals surface area contributed by atoms with E-state index >= 15 is 0 Å². The molecular formula is C30H36O5. The highest BCUT2D eigenvalue weighted by atomic mass is 16.5. The Morgan fingerprint density at radius 3 is 2.00 bits per heavy atom. The number of hydrogen-bond acceptors (Lipinski definition) is 5. The van der Waals surface area contributed by atoms with Crippen LogP contribution in [0, 0.1) is 10.8 Å². The highest BCUT2D eigenvalue weighted by molar-refractivity contribution is 6.06. The highest BCUT2D eigenvalue weighted by Crippen LogP contribution is 2.54. The average Bonchev–Trinajstić information content (AvgIpc) is 2.74. The summed E-state index contributed by atoms with van der Waals surface area (Å²) in [5, 5.41) is 0. The van der Waals surface area contributed by atoms with Crippen LogP contribution in [-0.4, -0.2) is 25.3 Å². The maximum atomic E-state index is 13.6. The van der Waals surface area contributed by atoms with Gasteiger partial charge < -0.3 is 14.2 Å². The van der Waals surface area contributed by atoms with Crippen LogP contribution in [0.2, 0.25) is 0 Å². The van der Waals surface area contributed by atoms with E-state index in [1.807, 2.05) is 12.1 Å². The lowest BCUT2D eigenvalue weighted by Gasteiger charge is -2.42. The molecule has 0 saturated heterocycles. The minimum atomic E-state index is -0.480. The molecule has 5 heteroatoms. The number of rotatable bonds is 7. The summed E-state index contributed by atoms with van der Waals surface area (Å²) in [6.07, 6.45) is 6.21. The third-order valence-corrected chi connectivity index (χ3v) is 7.00. The number of ether oxygens (including phenoxy) is 3. The van der Waals surface area contributed by atoms with E-state index in [0.717, 1.165) is 11.1 Å². The van der Waals surface area contributed by atoms with E-state index in [1.54, 1.807) is 19.3 Å². The Labute approximate surface area is 208 Å². The van der Waals surface area contributed by atoms with Crippen molar-refractivity contribution in [2.24, 2.45) is 10.8 Å². The molecule has 0 bridgehead atoms. The lowest BCUT2D eigenvalue weighted by Crippen LogP contribution is -2.37. The predicted octanol–water partition coefficient (Wildman–Crippen LogP) is 6.39. The van der Waals surface area contributed by atoms with Gasteiger partial charge in [-0.2, -0.15) is 0 Å². The van der Waals surface area contributed by atoms with Gasteiger partial charge in [-0.05, 0) is 28.9 Å². The molecule has 1 aromatic carbocycles. The average molecular weight is 477 g/mol. The Balaban J connectivity index is 1.95. The predicted molar refractivity (Wildman–Crippen MR) is 137 cm³/mol. The molecule has 1 aliphatic heterocycles. The van der Waals surface area contributed by atoms with Gasteiger partial charge in [-0.3, -0.25) is 9.59 Å². The number of Topliss-reactive ketones (excluding diaryl/α,β-unsaturated/α-hetero) is 2. The van der Waals surface area contributed by atoms with Gasteiger partial charge in [0.2, 0.25) is 0 Å². The molecule has 3 aliphatic rings. The van der Waals surface area contributed by atoms with E-state index in [2.05, 4.69) is 40.9 Å². The van der Waals surface area contributed by atoms with Crippen LogP contribution < -0.4 is 9.47 Å². The van der Waals surface area contributed by atoms with Crippen molar-refractivity contribution in [3.8, 4) is 11.5 Å². The van der Waals surface area contributed by atoms with Gasteiger partial charge in [0.1, 0.15) is 18.1 Å². The van der Waals surface area contributed by atoms with Gasteiger partial charge in [-0.15, -0.1) is 6.58 Å². The van der Waals surface area contributed by atoms with E-state index in [4.69, 9.17) is 14.2 Å². The van der Waals surface area contributed by atoms with Crippen LogP contribution in [0.25, 0.3) is 0 Å². The summed E-state index contributed by atoms with van der Waals surface area (Å²) in [7, 11) is 1.60. The van der Waals surface area contributed by atoms with Crippen molar-refractivity contribution in [2.45, 2.75) is 65.7 Å². The third kappa shape index (κ3) is 4.73. The summed E-state index contributed by atoms with van der Waals surface area (Å²) in [5.74, 6) is 2.20. The zero-order valence-corrected chi connectivity index (χ0v) is 21.6. The maximum absolute atomic E-state index is 13.6. The van der Waals surface area contributed by atoms with Gasteiger partial charge in [0, 0.05) is 48.3 Å². The first kappa shape index (κ1) is 25.0. The van der Waals surface area contributed by atoms with Crippen molar-refractivity contribution < 1.29 is 23.8 Å². The number of allylic oxidation sites excluding steroid dienone is 5. The van der Waals surface area contributed by atoms with Crippen molar-refractivity contribution in [1.82, 2.24) is 0 Å².